The van der Waals surface area contributed by atoms with Crippen LogP contribution in [0.3, 0.4) is 0 Å². The average molecular weight is 319 g/mol. The molecule has 6 heteroatoms. The van der Waals surface area contributed by atoms with Gasteiger partial charge in [0.2, 0.25) is 10.0 Å². The van der Waals surface area contributed by atoms with Gasteiger partial charge in [-0.1, -0.05) is 13.8 Å². The lowest BCUT2D eigenvalue weighted by Crippen LogP contribution is -2.34. The summed E-state index contributed by atoms with van der Waals surface area (Å²) in [7, 11) is -1.71. The molecule has 0 amide bonds. The smallest absolute Gasteiger partial charge is 0.244 e. The van der Waals surface area contributed by atoms with Crippen molar-refractivity contribution in [2.24, 2.45) is 0 Å². The van der Waals surface area contributed by atoms with Gasteiger partial charge in [0.25, 0.3) is 0 Å². The summed E-state index contributed by atoms with van der Waals surface area (Å²) < 4.78 is 26.7. The molecule has 0 radical (unpaired) electrons. The number of nitrogens with zero attached hydrogens (tertiary/aromatic N) is 1. The molecule has 116 valence electrons. The van der Waals surface area contributed by atoms with Crippen LogP contribution in [0.4, 0.5) is 0 Å². The summed E-state index contributed by atoms with van der Waals surface area (Å²) in [5.41, 5.74) is 0. The molecule has 0 bridgehead atoms. The SMILES string of the molecule is CCCNCc1cc(S(=O)(=O)N(C)C(C)CC)c(C)s1. The van der Waals surface area contributed by atoms with Crippen LogP contribution in [0.5, 0.6) is 0 Å². The molecule has 0 saturated carbocycles. The molecule has 4 nitrogen and oxygen atoms in total. The van der Waals surface area contributed by atoms with Gasteiger partial charge in [-0.05, 0) is 39.3 Å². The summed E-state index contributed by atoms with van der Waals surface area (Å²) in [6.07, 6.45) is 1.89. The molecule has 0 saturated heterocycles. The Balaban J connectivity index is 2.95. The lowest BCUT2D eigenvalue weighted by molar-refractivity contribution is 0.380. The van der Waals surface area contributed by atoms with E-state index in [-0.39, 0.29) is 6.04 Å². The van der Waals surface area contributed by atoms with Crippen molar-refractivity contribution in [2.45, 2.75) is 58.0 Å². The summed E-state index contributed by atoms with van der Waals surface area (Å²) in [5, 5.41) is 3.31. The van der Waals surface area contributed by atoms with E-state index in [1.165, 1.54) is 4.31 Å². The van der Waals surface area contributed by atoms with Gasteiger partial charge in [0, 0.05) is 29.4 Å². The van der Waals surface area contributed by atoms with E-state index in [4.69, 9.17) is 0 Å². The maximum absolute atomic E-state index is 12.6. The van der Waals surface area contributed by atoms with E-state index in [0.717, 1.165) is 35.7 Å². The minimum absolute atomic E-state index is 0.0148. The van der Waals surface area contributed by atoms with Crippen molar-refractivity contribution in [3.63, 3.8) is 0 Å². The number of thiophene rings is 1. The van der Waals surface area contributed by atoms with E-state index < -0.39 is 10.0 Å². The third kappa shape index (κ3) is 4.04. The lowest BCUT2D eigenvalue weighted by atomic mass is 10.3. The fraction of sp³-hybridized carbons (Fsp3) is 0.714. The van der Waals surface area contributed by atoms with Gasteiger partial charge in [-0.15, -0.1) is 11.3 Å². The summed E-state index contributed by atoms with van der Waals surface area (Å²) in [4.78, 5) is 2.40. The van der Waals surface area contributed by atoms with Crippen molar-refractivity contribution >= 4 is 21.4 Å². The highest BCUT2D eigenvalue weighted by molar-refractivity contribution is 7.89. The van der Waals surface area contributed by atoms with Crippen molar-refractivity contribution in [1.82, 2.24) is 9.62 Å². The highest BCUT2D eigenvalue weighted by atomic mass is 32.2. The molecule has 20 heavy (non-hydrogen) atoms. The molecule has 1 rings (SSSR count). The number of rotatable bonds is 8. The average Bonchev–Trinajstić information content (AvgIpc) is 2.79. The molecular weight excluding hydrogens is 292 g/mol. The molecule has 0 spiro atoms. The second-order valence-electron chi connectivity index (χ2n) is 5.09. The maximum atomic E-state index is 12.6. The van der Waals surface area contributed by atoms with Crippen molar-refractivity contribution in [1.29, 1.82) is 0 Å². The molecule has 1 aromatic rings. The van der Waals surface area contributed by atoms with Crippen LogP contribution in [0.15, 0.2) is 11.0 Å². The van der Waals surface area contributed by atoms with Crippen LogP contribution in [0.1, 0.15) is 43.4 Å². The Kier molecular flexibility index (Phi) is 6.64. The Morgan fingerprint density at radius 1 is 1.40 bits per heavy atom. The van der Waals surface area contributed by atoms with Gasteiger partial charge in [0.15, 0.2) is 0 Å². The topological polar surface area (TPSA) is 49.4 Å². The minimum Gasteiger partial charge on any atom is -0.312 e. The first-order chi connectivity index (χ1) is 9.34. The Labute approximate surface area is 127 Å². The molecule has 0 aliphatic heterocycles. The molecule has 1 heterocycles. The van der Waals surface area contributed by atoms with Gasteiger partial charge in [0.05, 0.1) is 4.90 Å². The van der Waals surface area contributed by atoms with Crippen molar-refractivity contribution in [3.8, 4) is 0 Å². The predicted octanol–water partition coefficient (Wildman–Crippen LogP) is 2.98. The van der Waals surface area contributed by atoms with E-state index in [1.807, 2.05) is 26.8 Å². The van der Waals surface area contributed by atoms with Crippen LogP contribution < -0.4 is 5.32 Å². The first kappa shape index (κ1) is 17.6. The Hall–Kier alpha value is -0.430. The Morgan fingerprint density at radius 3 is 2.60 bits per heavy atom. The van der Waals surface area contributed by atoms with Gasteiger partial charge < -0.3 is 5.32 Å². The molecular formula is C14H26N2O2S2. The fourth-order valence-corrected chi connectivity index (χ4v) is 4.91. The number of aryl methyl sites for hydroxylation is 1. The number of sulfonamides is 1. The zero-order valence-electron chi connectivity index (χ0n) is 13.1. The van der Waals surface area contributed by atoms with Gasteiger partial charge >= 0.3 is 0 Å². The third-order valence-corrected chi connectivity index (χ3v) is 6.80. The predicted molar refractivity (Wildman–Crippen MR) is 85.8 cm³/mol. The van der Waals surface area contributed by atoms with Crippen molar-refractivity contribution in [3.05, 3.63) is 15.8 Å². The van der Waals surface area contributed by atoms with Crippen molar-refractivity contribution < 1.29 is 8.42 Å². The molecule has 1 N–H and O–H groups in total. The third-order valence-electron chi connectivity index (χ3n) is 3.52. The quantitative estimate of drug-likeness (QED) is 0.750. The number of hydrogen-bond acceptors (Lipinski definition) is 4. The highest BCUT2D eigenvalue weighted by Gasteiger charge is 2.27. The van der Waals surface area contributed by atoms with Crippen LogP contribution in [-0.4, -0.2) is 32.4 Å². The Bertz CT molecular complexity index is 523. The van der Waals surface area contributed by atoms with Gasteiger partial charge in [-0.2, -0.15) is 4.31 Å². The summed E-state index contributed by atoms with van der Waals surface area (Å²) in [6.45, 7) is 9.61. The minimum atomic E-state index is -3.37. The summed E-state index contributed by atoms with van der Waals surface area (Å²) in [5.74, 6) is 0. The van der Waals surface area contributed by atoms with E-state index in [9.17, 15) is 8.42 Å². The van der Waals surface area contributed by atoms with Gasteiger partial charge in [0.1, 0.15) is 0 Å². The second kappa shape index (κ2) is 7.54. The number of hydrogen-bond donors (Lipinski definition) is 1. The molecule has 0 aromatic carbocycles. The fourth-order valence-electron chi connectivity index (χ4n) is 1.90. The van der Waals surface area contributed by atoms with Crippen molar-refractivity contribution in [2.75, 3.05) is 13.6 Å². The van der Waals surface area contributed by atoms with Crippen LogP contribution in [0.2, 0.25) is 0 Å². The molecule has 1 unspecified atom stereocenters. The molecule has 0 aliphatic rings. The monoisotopic (exact) mass is 318 g/mol. The first-order valence-electron chi connectivity index (χ1n) is 7.12. The molecule has 0 fully saturated rings. The molecule has 1 atom stereocenters. The van der Waals surface area contributed by atoms with E-state index >= 15 is 0 Å². The van der Waals surface area contributed by atoms with Crippen LogP contribution in [0, 0.1) is 6.92 Å². The van der Waals surface area contributed by atoms with Crippen LogP contribution >= 0.6 is 11.3 Å². The molecule has 0 aliphatic carbocycles. The Morgan fingerprint density at radius 2 is 2.05 bits per heavy atom. The molecule has 1 aromatic heterocycles. The number of nitrogens with one attached hydrogen (secondary N) is 1. The maximum Gasteiger partial charge on any atom is 0.244 e. The van der Waals surface area contributed by atoms with Crippen LogP contribution in [-0.2, 0) is 16.6 Å². The second-order valence-corrected chi connectivity index (χ2v) is 8.40. The zero-order chi connectivity index (χ0) is 15.3. The standard InChI is InChI=1S/C14H26N2O2S2/c1-6-8-15-10-13-9-14(12(4)19-13)20(17,18)16(5)11(3)7-2/h9,11,15H,6-8,10H2,1-5H3. The van der Waals surface area contributed by atoms with Gasteiger partial charge in [-0.3, -0.25) is 0 Å². The normalized spacial score (nSPS) is 13.9. The van der Waals surface area contributed by atoms with E-state index in [1.54, 1.807) is 18.4 Å². The zero-order valence-corrected chi connectivity index (χ0v) is 14.7. The van der Waals surface area contributed by atoms with Crippen LogP contribution in [0.25, 0.3) is 0 Å². The first-order valence-corrected chi connectivity index (χ1v) is 9.38. The van der Waals surface area contributed by atoms with E-state index in [2.05, 4.69) is 12.2 Å². The summed E-state index contributed by atoms with van der Waals surface area (Å²) in [6, 6.07) is 1.83. The summed E-state index contributed by atoms with van der Waals surface area (Å²) >= 11 is 1.56. The van der Waals surface area contributed by atoms with Gasteiger partial charge in [-0.25, -0.2) is 8.42 Å². The van der Waals surface area contributed by atoms with E-state index in [0.29, 0.717) is 4.90 Å². The highest BCUT2D eigenvalue weighted by Crippen LogP contribution is 2.28. The lowest BCUT2D eigenvalue weighted by Gasteiger charge is -2.22. The largest absolute Gasteiger partial charge is 0.312 e.